The van der Waals surface area contributed by atoms with Crippen molar-refractivity contribution in [1.29, 1.82) is 0 Å². The highest BCUT2D eigenvalue weighted by molar-refractivity contribution is 7.87. The van der Waals surface area contributed by atoms with Gasteiger partial charge in [0.15, 0.2) is 0 Å². The number of nitrogens with two attached hydrogens (primary N) is 1. The first-order valence-electron chi connectivity index (χ1n) is 7.76. The number of rotatable bonds is 7. The molecule has 0 bridgehead atoms. The summed E-state index contributed by atoms with van der Waals surface area (Å²) in [6.45, 7) is 8.30. The monoisotopic (exact) mass is 363 g/mol. The number of nitrogens with zero attached hydrogens (tertiary/aromatic N) is 4. The van der Waals surface area contributed by atoms with Gasteiger partial charge in [-0.25, -0.2) is 14.7 Å². The van der Waals surface area contributed by atoms with Crippen LogP contribution in [0.2, 0.25) is 0 Å². The Hall–Kier alpha value is -1.60. The second kappa shape index (κ2) is 9.64. The number of hydrogen-bond acceptors (Lipinski definition) is 7. The SMILES string of the molecule is CC.NS(=O)(=O)NCc1ncc([N+](=O)[O-])n1CCN1CCNCC1. The van der Waals surface area contributed by atoms with Gasteiger partial charge in [-0.05, 0) is 4.92 Å². The fraction of sp³-hybridized carbons (Fsp3) is 0.750. The van der Waals surface area contributed by atoms with E-state index in [1.807, 2.05) is 13.8 Å². The summed E-state index contributed by atoms with van der Waals surface area (Å²) in [6, 6.07) is 0. The first-order chi connectivity index (χ1) is 11.4. The molecule has 0 radical (unpaired) electrons. The minimum absolute atomic E-state index is 0.165. The molecular weight excluding hydrogens is 338 g/mol. The molecule has 1 aromatic rings. The molecule has 0 aliphatic carbocycles. The van der Waals surface area contributed by atoms with Crippen LogP contribution in [-0.2, 0) is 23.3 Å². The Kier molecular flexibility index (Phi) is 8.21. The van der Waals surface area contributed by atoms with Gasteiger partial charge in [-0.3, -0.25) is 4.90 Å². The fourth-order valence-electron chi connectivity index (χ4n) is 2.28. The van der Waals surface area contributed by atoms with E-state index >= 15 is 0 Å². The van der Waals surface area contributed by atoms with Crippen LogP contribution in [0, 0.1) is 10.1 Å². The van der Waals surface area contributed by atoms with Crippen molar-refractivity contribution in [1.82, 2.24) is 24.5 Å². The molecule has 2 rings (SSSR count). The summed E-state index contributed by atoms with van der Waals surface area (Å²) in [5.41, 5.74) is 0. The minimum Gasteiger partial charge on any atom is -0.358 e. The zero-order chi connectivity index (χ0) is 18.2. The van der Waals surface area contributed by atoms with Crippen molar-refractivity contribution in [2.45, 2.75) is 26.9 Å². The van der Waals surface area contributed by atoms with Gasteiger partial charge in [-0.2, -0.15) is 13.1 Å². The van der Waals surface area contributed by atoms with Crippen LogP contribution in [0.4, 0.5) is 5.82 Å². The number of piperazine rings is 1. The summed E-state index contributed by atoms with van der Waals surface area (Å²) in [5, 5.41) is 19.1. The third kappa shape index (κ3) is 6.49. The van der Waals surface area contributed by atoms with E-state index in [-0.39, 0.29) is 18.2 Å². The molecule has 1 aliphatic heterocycles. The van der Waals surface area contributed by atoms with E-state index in [2.05, 4.69) is 19.9 Å². The van der Waals surface area contributed by atoms with Crippen molar-refractivity contribution in [2.24, 2.45) is 5.14 Å². The Morgan fingerprint density at radius 2 is 2.00 bits per heavy atom. The van der Waals surface area contributed by atoms with Crippen LogP contribution in [0.25, 0.3) is 0 Å². The van der Waals surface area contributed by atoms with Crippen molar-refractivity contribution >= 4 is 16.0 Å². The van der Waals surface area contributed by atoms with Gasteiger partial charge in [-0.1, -0.05) is 13.8 Å². The molecule has 4 N–H and O–H groups in total. The number of hydrogen-bond donors (Lipinski definition) is 3. The highest BCUT2D eigenvalue weighted by atomic mass is 32.2. The Morgan fingerprint density at radius 3 is 2.54 bits per heavy atom. The lowest BCUT2D eigenvalue weighted by atomic mass is 10.3. The van der Waals surface area contributed by atoms with E-state index in [0.717, 1.165) is 32.4 Å². The van der Waals surface area contributed by atoms with Gasteiger partial charge >= 0.3 is 5.82 Å². The van der Waals surface area contributed by atoms with Crippen LogP contribution < -0.4 is 15.2 Å². The zero-order valence-corrected chi connectivity index (χ0v) is 14.8. The first kappa shape index (κ1) is 20.4. The maximum Gasteiger partial charge on any atom is 0.342 e. The van der Waals surface area contributed by atoms with Gasteiger partial charge in [0.1, 0.15) is 12.7 Å². The molecule has 0 amide bonds. The van der Waals surface area contributed by atoms with Crippen molar-refractivity contribution in [3.8, 4) is 0 Å². The van der Waals surface area contributed by atoms with Crippen molar-refractivity contribution in [2.75, 3.05) is 32.7 Å². The van der Waals surface area contributed by atoms with Gasteiger partial charge in [0.25, 0.3) is 10.2 Å². The average molecular weight is 363 g/mol. The molecule has 1 fully saturated rings. The third-order valence-electron chi connectivity index (χ3n) is 3.39. The molecule has 0 spiro atoms. The molecule has 0 unspecified atom stereocenters. The quantitative estimate of drug-likeness (QED) is 0.416. The van der Waals surface area contributed by atoms with Gasteiger partial charge in [0.05, 0.1) is 6.54 Å². The molecular formula is C12H25N7O4S. The second-order valence-corrected chi connectivity index (χ2v) is 6.28. The molecule has 0 saturated carbocycles. The van der Waals surface area contributed by atoms with Gasteiger partial charge in [0, 0.05) is 32.7 Å². The number of nitrogens with one attached hydrogen (secondary N) is 2. The van der Waals surface area contributed by atoms with Crippen LogP contribution in [0.1, 0.15) is 19.7 Å². The van der Waals surface area contributed by atoms with Crippen molar-refractivity contribution < 1.29 is 13.3 Å². The maximum absolute atomic E-state index is 11.0. The second-order valence-electron chi connectivity index (χ2n) is 4.90. The van der Waals surface area contributed by atoms with Gasteiger partial charge in [-0.15, -0.1) is 0 Å². The third-order valence-corrected chi connectivity index (χ3v) is 3.93. The van der Waals surface area contributed by atoms with Crippen LogP contribution in [0.3, 0.4) is 0 Å². The van der Waals surface area contributed by atoms with E-state index in [4.69, 9.17) is 5.14 Å². The highest BCUT2D eigenvalue weighted by Crippen LogP contribution is 2.14. The Balaban J connectivity index is 0.00000139. The average Bonchev–Trinajstić information content (AvgIpc) is 2.96. The number of imidazole rings is 1. The summed E-state index contributed by atoms with van der Waals surface area (Å²) in [4.78, 5) is 16.6. The standard InChI is InChI=1S/C10H19N7O4S.C2H6/c11-22(20,21)14-7-9-13-8-10(17(18)19)16(9)6-5-15-3-1-12-2-4-15;1-2/h8,12,14H,1-7H2,(H2,11,20,21);1-2H3. The lowest BCUT2D eigenvalue weighted by Crippen LogP contribution is -2.44. The maximum atomic E-state index is 11.0. The largest absolute Gasteiger partial charge is 0.358 e. The molecule has 1 aliphatic rings. The summed E-state index contributed by atoms with van der Waals surface area (Å²) in [6.07, 6.45) is 1.12. The topological polar surface area (TPSA) is 148 Å². The number of aromatic nitrogens is 2. The van der Waals surface area contributed by atoms with Gasteiger partial charge in [0.2, 0.25) is 5.82 Å². The predicted octanol–water partition coefficient (Wildman–Crippen LogP) is -0.984. The predicted molar refractivity (Wildman–Crippen MR) is 89.5 cm³/mol. The van der Waals surface area contributed by atoms with E-state index in [9.17, 15) is 18.5 Å². The summed E-state index contributed by atoms with van der Waals surface area (Å²) in [5.74, 6) is 0.0946. The first-order valence-corrected chi connectivity index (χ1v) is 9.31. The summed E-state index contributed by atoms with van der Waals surface area (Å²) in [7, 11) is -3.88. The van der Waals surface area contributed by atoms with Crippen molar-refractivity contribution in [3.63, 3.8) is 0 Å². The Labute approximate surface area is 141 Å². The van der Waals surface area contributed by atoms with Crippen LogP contribution in [0.15, 0.2) is 6.20 Å². The lowest BCUT2D eigenvalue weighted by Gasteiger charge is -2.26. The molecule has 0 aromatic carbocycles. The lowest BCUT2D eigenvalue weighted by molar-refractivity contribution is -0.392. The Morgan fingerprint density at radius 1 is 1.38 bits per heavy atom. The van der Waals surface area contributed by atoms with E-state index < -0.39 is 15.1 Å². The minimum atomic E-state index is -3.88. The fourth-order valence-corrected chi connectivity index (χ4v) is 2.61. The van der Waals surface area contributed by atoms with E-state index in [0.29, 0.717) is 13.1 Å². The number of nitro groups is 1. The molecule has 2 heterocycles. The molecule has 11 nitrogen and oxygen atoms in total. The van der Waals surface area contributed by atoms with Crippen LogP contribution in [0.5, 0.6) is 0 Å². The normalized spacial score (nSPS) is 15.6. The molecule has 1 aromatic heterocycles. The summed E-state index contributed by atoms with van der Waals surface area (Å²) < 4.78 is 25.4. The zero-order valence-electron chi connectivity index (χ0n) is 13.9. The van der Waals surface area contributed by atoms with E-state index in [1.165, 1.54) is 4.57 Å². The molecule has 0 atom stereocenters. The molecule has 138 valence electrons. The van der Waals surface area contributed by atoms with Crippen molar-refractivity contribution in [3.05, 3.63) is 22.1 Å². The smallest absolute Gasteiger partial charge is 0.342 e. The van der Waals surface area contributed by atoms with Crippen LogP contribution >= 0.6 is 0 Å². The molecule has 12 heteroatoms. The summed E-state index contributed by atoms with van der Waals surface area (Å²) >= 11 is 0. The van der Waals surface area contributed by atoms with Crippen LogP contribution in [-0.4, -0.2) is 60.5 Å². The highest BCUT2D eigenvalue weighted by Gasteiger charge is 2.22. The molecule has 1 saturated heterocycles. The van der Waals surface area contributed by atoms with E-state index in [1.54, 1.807) is 0 Å². The van der Waals surface area contributed by atoms with Gasteiger partial charge < -0.3 is 15.4 Å². The molecule has 24 heavy (non-hydrogen) atoms. The Bertz CT molecular complexity index is 625.